The van der Waals surface area contributed by atoms with Gasteiger partial charge in [0.25, 0.3) is 5.91 Å². The topological polar surface area (TPSA) is 62.3 Å². The van der Waals surface area contributed by atoms with E-state index < -0.39 is 17.5 Å². The minimum atomic E-state index is -0.711. The van der Waals surface area contributed by atoms with Gasteiger partial charge in [0.15, 0.2) is 0 Å². The average Bonchev–Trinajstić information content (AvgIpc) is 3.47. The smallest absolute Gasteiger partial charge is 0.256 e. The van der Waals surface area contributed by atoms with Crippen LogP contribution in [0.1, 0.15) is 41.6 Å². The summed E-state index contributed by atoms with van der Waals surface area (Å²) in [5.74, 6) is -1.75. The number of piperidine rings is 1. The summed E-state index contributed by atoms with van der Waals surface area (Å²) in [7, 11) is 0. The van der Waals surface area contributed by atoms with E-state index in [0.29, 0.717) is 32.5 Å². The second kappa shape index (κ2) is 8.50. The molecule has 158 valence electrons. The molecule has 1 aliphatic heterocycles. The van der Waals surface area contributed by atoms with Gasteiger partial charge < -0.3 is 10.2 Å². The number of halogens is 2. The van der Waals surface area contributed by atoms with Crippen LogP contribution in [0.3, 0.4) is 0 Å². The molecule has 7 heteroatoms. The molecule has 2 amide bonds. The molecule has 1 saturated carbocycles. The molecule has 2 fully saturated rings. The van der Waals surface area contributed by atoms with Crippen molar-refractivity contribution in [3.05, 3.63) is 65.5 Å². The number of carbonyl (C=O) groups excluding carboxylic acids is 2. The Hall–Kier alpha value is -2.83. The highest BCUT2D eigenvalue weighted by Gasteiger charge is 2.58. The van der Waals surface area contributed by atoms with Crippen molar-refractivity contribution in [2.75, 3.05) is 19.6 Å². The molecule has 30 heavy (non-hydrogen) atoms. The summed E-state index contributed by atoms with van der Waals surface area (Å²) in [6.07, 6.45) is 7.56. The molecule has 1 aromatic heterocycles. The monoisotopic (exact) mass is 413 g/mol. The van der Waals surface area contributed by atoms with Crippen LogP contribution in [0.4, 0.5) is 8.78 Å². The van der Waals surface area contributed by atoms with Gasteiger partial charge in [-0.2, -0.15) is 0 Å². The highest BCUT2D eigenvalue weighted by Crippen LogP contribution is 2.59. The molecule has 2 aromatic rings. The predicted octanol–water partition coefficient (Wildman–Crippen LogP) is 3.35. The van der Waals surface area contributed by atoms with Gasteiger partial charge in [0.2, 0.25) is 5.91 Å². The summed E-state index contributed by atoms with van der Waals surface area (Å²) in [6.45, 7) is 1.55. The third-order valence-corrected chi connectivity index (χ3v) is 6.40. The number of hydrogen-bond acceptors (Lipinski definition) is 3. The molecule has 1 aliphatic carbocycles. The number of aromatic nitrogens is 1. The molecule has 0 bridgehead atoms. The second-order valence-electron chi connectivity index (χ2n) is 8.29. The van der Waals surface area contributed by atoms with Crippen LogP contribution in [-0.2, 0) is 11.2 Å². The maximum Gasteiger partial charge on any atom is 0.256 e. The van der Waals surface area contributed by atoms with Crippen LogP contribution in [0.2, 0.25) is 0 Å². The highest BCUT2D eigenvalue weighted by molar-refractivity contribution is 5.94. The maximum atomic E-state index is 13.9. The molecule has 1 spiro atoms. The molecule has 2 aliphatic rings. The van der Waals surface area contributed by atoms with Gasteiger partial charge >= 0.3 is 0 Å². The summed E-state index contributed by atoms with van der Waals surface area (Å²) in [6, 6.07) is 6.87. The minimum absolute atomic E-state index is 0.0124. The molecule has 2 heterocycles. The number of nitrogens with zero attached hydrogens (tertiary/aromatic N) is 2. The zero-order valence-corrected chi connectivity index (χ0v) is 16.7. The summed E-state index contributed by atoms with van der Waals surface area (Å²) < 4.78 is 27.3. The van der Waals surface area contributed by atoms with Crippen LogP contribution in [-0.4, -0.2) is 41.3 Å². The first-order valence-corrected chi connectivity index (χ1v) is 10.4. The van der Waals surface area contributed by atoms with Crippen molar-refractivity contribution in [1.82, 2.24) is 15.2 Å². The molecule has 1 atom stereocenters. The van der Waals surface area contributed by atoms with Crippen molar-refractivity contribution in [2.45, 2.75) is 32.1 Å². The number of likely N-dealkylation sites (tertiary alicyclic amines) is 1. The molecule has 1 N–H and O–H groups in total. The zero-order valence-electron chi connectivity index (χ0n) is 16.7. The SMILES string of the molecule is O=C(NCCCc1ccncc1)C1CC12CCN(C(=O)c1cc(F)ccc1F)CC2. The number of hydrogen-bond donors (Lipinski definition) is 1. The van der Waals surface area contributed by atoms with Gasteiger partial charge in [-0.1, -0.05) is 0 Å². The minimum Gasteiger partial charge on any atom is -0.356 e. The fourth-order valence-electron chi connectivity index (χ4n) is 4.43. The second-order valence-corrected chi connectivity index (χ2v) is 8.29. The van der Waals surface area contributed by atoms with Crippen molar-refractivity contribution < 1.29 is 18.4 Å². The van der Waals surface area contributed by atoms with E-state index in [4.69, 9.17) is 0 Å². The average molecular weight is 413 g/mol. The first-order valence-electron chi connectivity index (χ1n) is 10.4. The lowest BCUT2D eigenvalue weighted by atomic mass is 9.90. The van der Waals surface area contributed by atoms with Crippen molar-refractivity contribution in [1.29, 1.82) is 0 Å². The Morgan fingerprint density at radius 2 is 1.87 bits per heavy atom. The summed E-state index contributed by atoms with van der Waals surface area (Å²) in [5.41, 5.74) is 0.922. The highest BCUT2D eigenvalue weighted by atomic mass is 19.1. The van der Waals surface area contributed by atoms with E-state index in [1.165, 1.54) is 5.56 Å². The quantitative estimate of drug-likeness (QED) is 0.739. The Bertz CT molecular complexity index is 927. The van der Waals surface area contributed by atoms with Gasteiger partial charge in [-0.3, -0.25) is 14.6 Å². The van der Waals surface area contributed by atoms with Crippen molar-refractivity contribution in [2.24, 2.45) is 11.3 Å². The van der Waals surface area contributed by atoms with E-state index in [1.54, 1.807) is 17.3 Å². The predicted molar refractivity (Wildman–Crippen MR) is 108 cm³/mol. The van der Waals surface area contributed by atoms with Gasteiger partial charge in [0.05, 0.1) is 5.56 Å². The standard InChI is InChI=1S/C23H25F2N3O2/c24-17-3-4-20(25)18(14-17)22(30)28-12-7-23(8-13-28)15-19(23)21(29)27-9-1-2-16-5-10-26-11-6-16/h3-6,10-11,14,19H,1-2,7-9,12-13,15H2,(H,27,29). The first-order chi connectivity index (χ1) is 14.5. The molecule has 1 aromatic carbocycles. The summed E-state index contributed by atoms with van der Waals surface area (Å²) >= 11 is 0. The number of nitrogens with one attached hydrogen (secondary N) is 1. The first kappa shape index (κ1) is 20.4. The zero-order chi connectivity index (χ0) is 21.1. The van der Waals surface area contributed by atoms with Gasteiger partial charge in [0, 0.05) is 37.9 Å². The largest absolute Gasteiger partial charge is 0.356 e. The van der Waals surface area contributed by atoms with Crippen molar-refractivity contribution in [3.8, 4) is 0 Å². The van der Waals surface area contributed by atoms with Gasteiger partial charge in [0.1, 0.15) is 11.6 Å². The van der Waals surface area contributed by atoms with Crippen LogP contribution in [0.15, 0.2) is 42.7 Å². The Labute approximate surface area is 174 Å². The third-order valence-electron chi connectivity index (χ3n) is 6.40. The van der Waals surface area contributed by atoms with E-state index >= 15 is 0 Å². The van der Waals surface area contributed by atoms with Crippen LogP contribution < -0.4 is 5.32 Å². The number of amides is 2. The van der Waals surface area contributed by atoms with E-state index in [1.807, 2.05) is 12.1 Å². The van der Waals surface area contributed by atoms with E-state index in [9.17, 15) is 18.4 Å². The molecule has 5 nitrogen and oxygen atoms in total. The molecule has 1 saturated heterocycles. The lowest BCUT2D eigenvalue weighted by Gasteiger charge is -2.33. The third kappa shape index (κ3) is 4.35. The fraction of sp³-hybridized carbons (Fsp3) is 0.435. The maximum absolute atomic E-state index is 13.9. The molecule has 4 rings (SSSR count). The Balaban J connectivity index is 1.23. The molecule has 0 radical (unpaired) electrons. The van der Waals surface area contributed by atoms with Crippen molar-refractivity contribution >= 4 is 11.8 Å². The lowest BCUT2D eigenvalue weighted by Crippen LogP contribution is -2.41. The van der Waals surface area contributed by atoms with Crippen LogP contribution in [0.5, 0.6) is 0 Å². The van der Waals surface area contributed by atoms with Crippen LogP contribution in [0, 0.1) is 23.0 Å². The van der Waals surface area contributed by atoms with Gasteiger partial charge in [-0.05, 0) is 73.4 Å². The Morgan fingerprint density at radius 3 is 2.60 bits per heavy atom. The molecule has 1 unspecified atom stereocenters. The van der Waals surface area contributed by atoms with Crippen LogP contribution in [0.25, 0.3) is 0 Å². The van der Waals surface area contributed by atoms with Gasteiger partial charge in [-0.25, -0.2) is 8.78 Å². The van der Waals surface area contributed by atoms with Crippen LogP contribution >= 0.6 is 0 Å². The number of aryl methyl sites for hydroxylation is 1. The van der Waals surface area contributed by atoms with E-state index in [2.05, 4.69) is 10.3 Å². The van der Waals surface area contributed by atoms with E-state index in [-0.39, 0.29) is 22.8 Å². The normalized spacial score (nSPS) is 19.5. The number of benzene rings is 1. The molecular weight excluding hydrogens is 388 g/mol. The number of rotatable bonds is 6. The molecular formula is C23H25F2N3O2. The Kier molecular flexibility index (Phi) is 5.79. The summed E-state index contributed by atoms with van der Waals surface area (Å²) in [4.78, 5) is 30.6. The van der Waals surface area contributed by atoms with Gasteiger partial charge in [-0.15, -0.1) is 0 Å². The number of pyridine rings is 1. The number of carbonyl (C=O) groups is 2. The Morgan fingerprint density at radius 1 is 1.13 bits per heavy atom. The lowest BCUT2D eigenvalue weighted by molar-refractivity contribution is -0.123. The van der Waals surface area contributed by atoms with Crippen molar-refractivity contribution in [3.63, 3.8) is 0 Å². The van der Waals surface area contributed by atoms with E-state index in [0.717, 1.165) is 37.5 Å². The summed E-state index contributed by atoms with van der Waals surface area (Å²) in [5, 5.41) is 3.03. The fourth-order valence-corrected chi connectivity index (χ4v) is 4.43.